The monoisotopic (exact) mass is 234 g/mol. The summed E-state index contributed by atoms with van der Waals surface area (Å²) in [5.74, 6) is 0. The standard InChI is InChI=1S/C11H14F3NO/c1-15(8-10(16)11(12,13)14)7-9-5-3-2-4-6-9/h2-6,10,16H,7-8H2,1H3/p+1/t10-/m0/s1. The number of alkyl halides is 3. The van der Waals surface area contributed by atoms with Gasteiger partial charge in [-0.3, -0.25) is 0 Å². The molecule has 0 aliphatic carbocycles. The van der Waals surface area contributed by atoms with Gasteiger partial charge in [0.1, 0.15) is 13.1 Å². The molecule has 2 N–H and O–H groups in total. The molecule has 0 aromatic heterocycles. The third-order valence-corrected chi connectivity index (χ3v) is 2.27. The van der Waals surface area contributed by atoms with E-state index >= 15 is 0 Å². The maximum Gasteiger partial charge on any atom is 0.419 e. The van der Waals surface area contributed by atoms with Crippen LogP contribution in [0.2, 0.25) is 0 Å². The number of hydrogen-bond acceptors (Lipinski definition) is 1. The molecule has 0 aliphatic heterocycles. The number of likely N-dealkylation sites (N-methyl/N-ethyl adjacent to an activating group) is 1. The zero-order valence-electron chi connectivity index (χ0n) is 8.96. The maximum atomic E-state index is 12.1. The second-order valence-corrected chi connectivity index (χ2v) is 3.88. The van der Waals surface area contributed by atoms with Gasteiger partial charge in [-0.1, -0.05) is 30.3 Å². The van der Waals surface area contributed by atoms with E-state index in [4.69, 9.17) is 5.11 Å². The molecule has 2 atom stereocenters. The van der Waals surface area contributed by atoms with Crippen molar-refractivity contribution in [3.8, 4) is 0 Å². The van der Waals surface area contributed by atoms with E-state index in [0.29, 0.717) is 11.4 Å². The molecule has 0 bridgehead atoms. The molecule has 5 heteroatoms. The van der Waals surface area contributed by atoms with Crippen molar-refractivity contribution in [3.63, 3.8) is 0 Å². The van der Waals surface area contributed by atoms with E-state index in [0.717, 1.165) is 5.56 Å². The van der Waals surface area contributed by atoms with Crippen LogP contribution in [0.15, 0.2) is 30.3 Å². The molecule has 1 unspecified atom stereocenters. The van der Waals surface area contributed by atoms with Gasteiger partial charge < -0.3 is 10.0 Å². The fourth-order valence-corrected chi connectivity index (χ4v) is 1.46. The van der Waals surface area contributed by atoms with Crippen molar-refractivity contribution in [3.05, 3.63) is 35.9 Å². The topological polar surface area (TPSA) is 24.7 Å². The maximum absolute atomic E-state index is 12.1. The lowest BCUT2D eigenvalue weighted by Crippen LogP contribution is -3.09. The van der Waals surface area contributed by atoms with E-state index in [2.05, 4.69) is 0 Å². The number of nitrogens with one attached hydrogen (secondary N) is 1. The summed E-state index contributed by atoms with van der Waals surface area (Å²) in [5, 5.41) is 8.89. The van der Waals surface area contributed by atoms with Gasteiger partial charge in [0.05, 0.1) is 7.05 Å². The molecule has 0 spiro atoms. The van der Waals surface area contributed by atoms with Gasteiger partial charge in [-0.25, -0.2) is 0 Å². The molecule has 0 fully saturated rings. The Balaban J connectivity index is 2.45. The zero-order valence-corrected chi connectivity index (χ0v) is 8.96. The Hall–Kier alpha value is -1.07. The van der Waals surface area contributed by atoms with E-state index < -0.39 is 12.3 Å². The highest BCUT2D eigenvalue weighted by Crippen LogP contribution is 2.18. The second kappa shape index (κ2) is 5.32. The van der Waals surface area contributed by atoms with E-state index in [1.54, 1.807) is 7.05 Å². The first-order valence-corrected chi connectivity index (χ1v) is 4.99. The Morgan fingerprint density at radius 2 is 1.81 bits per heavy atom. The molecule has 1 rings (SSSR count). The summed E-state index contributed by atoms with van der Waals surface area (Å²) in [6.07, 6.45) is -6.78. The summed E-state index contributed by atoms with van der Waals surface area (Å²) >= 11 is 0. The van der Waals surface area contributed by atoms with Gasteiger partial charge in [0.2, 0.25) is 0 Å². The molecule has 0 amide bonds. The van der Waals surface area contributed by atoms with Gasteiger partial charge in [-0.15, -0.1) is 0 Å². The van der Waals surface area contributed by atoms with E-state index in [1.165, 1.54) is 0 Å². The van der Waals surface area contributed by atoms with Crippen molar-refractivity contribution in [1.82, 2.24) is 0 Å². The minimum absolute atomic E-state index is 0.335. The predicted molar refractivity (Wildman–Crippen MR) is 54.0 cm³/mol. The zero-order chi connectivity index (χ0) is 12.2. The molecule has 0 aliphatic rings. The number of benzene rings is 1. The predicted octanol–water partition coefficient (Wildman–Crippen LogP) is 0.624. The van der Waals surface area contributed by atoms with Crippen LogP contribution >= 0.6 is 0 Å². The number of halogens is 3. The number of quaternary nitrogens is 1. The first-order chi connectivity index (χ1) is 7.39. The van der Waals surface area contributed by atoms with E-state index in [1.807, 2.05) is 30.3 Å². The van der Waals surface area contributed by atoms with Gasteiger partial charge in [0.15, 0.2) is 6.10 Å². The van der Waals surface area contributed by atoms with Crippen LogP contribution in [0.5, 0.6) is 0 Å². The largest absolute Gasteiger partial charge is 0.419 e. The molecular formula is C11H15F3NO+. The first-order valence-electron chi connectivity index (χ1n) is 4.99. The molecule has 0 radical (unpaired) electrons. The van der Waals surface area contributed by atoms with Gasteiger partial charge in [-0.2, -0.15) is 13.2 Å². The number of hydrogen-bond donors (Lipinski definition) is 2. The molecule has 0 heterocycles. The number of rotatable bonds is 4. The third kappa shape index (κ3) is 4.20. The van der Waals surface area contributed by atoms with Crippen molar-refractivity contribution in [2.45, 2.75) is 18.8 Å². The summed E-state index contributed by atoms with van der Waals surface area (Å²) in [7, 11) is 1.63. The van der Waals surface area contributed by atoms with Crippen LogP contribution in [0.3, 0.4) is 0 Å². The third-order valence-electron chi connectivity index (χ3n) is 2.27. The summed E-state index contributed by atoms with van der Waals surface area (Å²) < 4.78 is 36.3. The fourth-order valence-electron chi connectivity index (χ4n) is 1.46. The minimum Gasteiger partial charge on any atom is -0.379 e. The van der Waals surface area contributed by atoms with Crippen molar-refractivity contribution in [1.29, 1.82) is 0 Å². The van der Waals surface area contributed by atoms with Crippen molar-refractivity contribution < 1.29 is 23.2 Å². The average Bonchev–Trinajstić information content (AvgIpc) is 2.17. The molecular weight excluding hydrogens is 219 g/mol. The van der Waals surface area contributed by atoms with Crippen molar-refractivity contribution in [2.75, 3.05) is 13.6 Å². The van der Waals surface area contributed by atoms with Gasteiger partial charge in [-0.05, 0) is 0 Å². The number of aliphatic hydroxyl groups is 1. The first kappa shape index (κ1) is 13.0. The van der Waals surface area contributed by atoms with Crippen LogP contribution in [-0.2, 0) is 6.54 Å². The lowest BCUT2D eigenvalue weighted by atomic mass is 10.2. The number of aliphatic hydroxyl groups excluding tert-OH is 1. The molecule has 1 aromatic carbocycles. The summed E-state index contributed by atoms with van der Waals surface area (Å²) in [5.41, 5.74) is 0.953. The highest BCUT2D eigenvalue weighted by molar-refractivity contribution is 5.13. The van der Waals surface area contributed by atoms with E-state index in [9.17, 15) is 13.2 Å². The Kier molecular flexibility index (Phi) is 4.32. The van der Waals surface area contributed by atoms with Crippen LogP contribution in [0.1, 0.15) is 5.56 Å². The van der Waals surface area contributed by atoms with Crippen LogP contribution < -0.4 is 4.90 Å². The molecule has 1 aromatic rings. The van der Waals surface area contributed by atoms with Crippen molar-refractivity contribution >= 4 is 0 Å². The summed E-state index contributed by atoms with van der Waals surface area (Å²) in [6.45, 7) is 0.131. The Morgan fingerprint density at radius 1 is 1.25 bits per heavy atom. The Morgan fingerprint density at radius 3 is 2.31 bits per heavy atom. The highest BCUT2D eigenvalue weighted by Gasteiger charge is 2.40. The Bertz CT molecular complexity index is 313. The van der Waals surface area contributed by atoms with Gasteiger partial charge in [0.25, 0.3) is 0 Å². The molecule has 90 valence electrons. The quantitative estimate of drug-likeness (QED) is 0.784. The van der Waals surface area contributed by atoms with E-state index in [-0.39, 0.29) is 6.54 Å². The SMILES string of the molecule is C[NH+](Cc1ccccc1)C[C@H](O)C(F)(F)F. The van der Waals surface area contributed by atoms with Crippen molar-refractivity contribution in [2.24, 2.45) is 0 Å². The van der Waals surface area contributed by atoms with Gasteiger partial charge in [0, 0.05) is 5.56 Å². The van der Waals surface area contributed by atoms with Crippen LogP contribution in [0.4, 0.5) is 13.2 Å². The summed E-state index contributed by atoms with van der Waals surface area (Å²) in [6, 6.07) is 9.22. The molecule has 2 nitrogen and oxygen atoms in total. The smallest absolute Gasteiger partial charge is 0.379 e. The highest BCUT2D eigenvalue weighted by atomic mass is 19.4. The average molecular weight is 234 g/mol. The Labute approximate surface area is 92.3 Å². The second-order valence-electron chi connectivity index (χ2n) is 3.88. The molecule has 16 heavy (non-hydrogen) atoms. The normalized spacial score (nSPS) is 15.8. The summed E-state index contributed by atoms with van der Waals surface area (Å²) in [4.78, 5) is 0.621. The molecule has 0 saturated heterocycles. The molecule has 0 saturated carbocycles. The van der Waals surface area contributed by atoms with Crippen LogP contribution in [0, 0.1) is 0 Å². The van der Waals surface area contributed by atoms with Crippen LogP contribution in [0.25, 0.3) is 0 Å². The van der Waals surface area contributed by atoms with Crippen LogP contribution in [-0.4, -0.2) is 31.0 Å². The van der Waals surface area contributed by atoms with Gasteiger partial charge >= 0.3 is 6.18 Å². The lowest BCUT2D eigenvalue weighted by Gasteiger charge is -2.19. The lowest BCUT2D eigenvalue weighted by molar-refractivity contribution is -0.898. The fraction of sp³-hybridized carbons (Fsp3) is 0.455. The minimum atomic E-state index is -4.53.